The van der Waals surface area contributed by atoms with Gasteiger partial charge in [-0.1, -0.05) is 18.6 Å². The average molecular weight is 237 g/mol. The van der Waals surface area contributed by atoms with E-state index in [0.29, 0.717) is 17.7 Å². The van der Waals surface area contributed by atoms with Crippen LogP contribution in [0.25, 0.3) is 0 Å². The molecule has 1 aromatic rings. The number of ether oxygens (including phenoxy) is 1. The molecule has 0 heterocycles. The normalized spacial score (nSPS) is 12.0. The van der Waals surface area contributed by atoms with E-state index in [4.69, 9.17) is 9.84 Å². The molecule has 1 rings (SSSR count). The predicted molar refractivity (Wildman–Crippen MR) is 66.4 cm³/mol. The van der Waals surface area contributed by atoms with E-state index in [-0.39, 0.29) is 18.6 Å². The maximum absolute atomic E-state index is 12.0. The molecule has 0 aromatic heterocycles. The van der Waals surface area contributed by atoms with Gasteiger partial charge < -0.3 is 15.2 Å². The van der Waals surface area contributed by atoms with Crippen LogP contribution in [0.4, 0.5) is 0 Å². The van der Waals surface area contributed by atoms with Crippen molar-refractivity contribution in [3.05, 3.63) is 29.3 Å². The number of hydrogen-bond donors (Lipinski definition) is 2. The van der Waals surface area contributed by atoms with E-state index in [2.05, 4.69) is 5.32 Å². The highest BCUT2D eigenvalue weighted by Gasteiger charge is 2.15. The lowest BCUT2D eigenvalue weighted by Gasteiger charge is -2.15. The molecule has 1 atom stereocenters. The van der Waals surface area contributed by atoms with E-state index in [1.807, 2.05) is 19.9 Å². The minimum Gasteiger partial charge on any atom is -0.496 e. The minimum atomic E-state index is -0.216. The fourth-order valence-corrected chi connectivity index (χ4v) is 1.54. The van der Waals surface area contributed by atoms with Crippen LogP contribution in [0.15, 0.2) is 18.2 Å². The second kappa shape index (κ2) is 6.25. The van der Waals surface area contributed by atoms with Gasteiger partial charge >= 0.3 is 0 Å². The zero-order valence-electron chi connectivity index (χ0n) is 10.5. The summed E-state index contributed by atoms with van der Waals surface area (Å²) in [6, 6.07) is 5.22. The molecule has 0 aliphatic carbocycles. The van der Waals surface area contributed by atoms with Gasteiger partial charge in [0, 0.05) is 0 Å². The van der Waals surface area contributed by atoms with Crippen LogP contribution in [0, 0.1) is 6.92 Å². The van der Waals surface area contributed by atoms with E-state index in [1.165, 1.54) is 7.11 Å². The number of carbonyl (C=O) groups excluding carboxylic acids is 1. The van der Waals surface area contributed by atoms with Crippen LogP contribution >= 0.6 is 0 Å². The van der Waals surface area contributed by atoms with Crippen molar-refractivity contribution in [2.24, 2.45) is 0 Å². The highest BCUT2D eigenvalue weighted by atomic mass is 16.5. The molecule has 0 aliphatic rings. The van der Waals surface area contributed by atoms with Gasteiger partial charge in [-0.3, -0.25) is 4.79 Å². The zero-order chi connectivity index (χ0) is 12.8. The summed E-state index contributed by atoms with van der Waals surface area (Å²) < 4.78 is 5.15. The molecular weight excluding hydrogens is 218 g/mol. The van der Waals surface area contributed by atoms with Gasteiger partial charge in [0.1, 0.15) is 5.75 Å². The van der Waals surface area contributed by atoms with Gasteiger partial charge in [0.2, 0.25) is 0 Å². The van der Waals surface area contributed by atoms with Crippen molar-refractivity contribution in [2.75, 3.05) is 13.7 Å². The van der Waals surface area contributed by atoms with Gasteiger partial charge in [0.15, 0.2) is 0 Å². The number of rotatable bonds is 5. The first kappa shape index (κ1) is 13.5. The number of carbonyl (C=O) groups is 1. The van der Waals surface area contributed by atoms with Crippen LogP contribution in [0.3, 0.4) is 0 Å². The maximum atomic E-state index is 12.0. The average Bonchev–Trinajstić information content (AvgIpc) is 2.35. The molecule has 4 nitrogen and oxygen atoms in total. The lowest BCUT2D eigenvalue weighted by Crippen LogP contribution is -2.37. The summed E-state index contributed by atoms with van der Waals surface area (Å²) >= 11 is 0. The maximum Gasteiger partial charge on any atom is 0.255 e. The largest absolute Gasteiger partial charge is 0.496 e. The number of aliphatic hydroxyl groups excluding tert-OH is 1. The summed E-state index contributed by atoms with van der Waals surface area (Å²) in [7, 11) is 1.53. The predicted octanol–water partition coefficient (Wildman–Crippen LogP) is 1.50. The second-order valence-corrected chi connectivity index (χ2v) is 3.96. The van der Waals surface area contributed by atoms with Crippen molar-refractivity contribution < 1.29 is 14.6 Å². The number of amides is 1. The van der Waals surface area contributed by atoms with E-state index in [0.717, 1.165) is 5.56 Å². The van der Waals surface area contributed by atoms with Crippen LogP contribution in [0.5, 0.6) is 5.75 Å². The Kier molecular flexibility index (Phi) is 4.97. The molecule has 0 radical (unpaired) electrons. The summed E-state index contributed by atoms with van der Waals surface area (Å²) in [4.78, 5) is 12.0. The van der Waals surface area contributed by atoms with E-state index in [1.54, 1.807) is 12.1 Å². The highest BCUT2D eigenvalue weighted by molar-refractivity contribution is 5.97. The summed E-state index contributed by atoms with van der Waals surface area (Å²) in [6.07, 6.45) is 0.691. The monoisotopic (exact) mass is 237 g/mol. The van der Waals surface area contributed by atoms with Gasteiger partial charge in [-0.15, -0.1) is 0 Å². The SMILES string of the molecule is CCC(CO)NC(=O)c1cc(C)ccc1OC. The van der Waals surface area contributed by atoms with Crippen molar-refractivity contribution in [3.8, 4) is 5.75 Å². The number of methoxy groups -OCH3 is 1. The molecule has 1 aromatic carbocycles. The standard InChI is InChI=1S/C13H19NO3/c1-4-10(8-15)14-13(16)11-7-9(2)5-6-12(11)17-3/h5-7,10,15H,4,8H2,1-3H3,(H,14,16). The number of benzene rings is 1. The van der Waals surface area contributed by atoms with E-state index >= 15 is 0 Å². The number of nitrogens with one attached hydrogen (secondary N) is 1. The summed E-state index contributed by atoms with van der Waals surface area (Å²) in [6.45, 7) is 3.77. The zero-order valence-corrected chi connectivity index (χ0v) is 10.5. The molecule has 0 bridgehead atoms. The summed E-state index contributed by atoms with van der Waals surface area (Å²) in [5.74, 6) is 0.326. The van der Waals surface area contributed by atoms with Crippen molar-refractivity contribution in [3.63, 3.8) is 0 Å². The van der Waals surface area contributed by atoms with Crippen LogP contribution in [0.1, 0.15) is 29.3 Å². The topological polar surface area (TPSA) is 58.6 Å². The summed E-state index contributed by atoms with van der Waals surface area (Å²) in [5.41, 5.74) is 1.49. The van der Waals surface area contributed by atoms with Crippen molar-refractivity contribution in [2.45, 2.75) is 26.3 Å². The Morgan fingerprint density at radius 3 is 2.76 bits per heavy atom. The Morgan fingerprint density at radius 1 is 1.53 bits per heavy atom. The highest BCUT2D eigenvalue weighted by Crippen LogP contribution is 2.19. The summed E-state index contributed by atoms with van der Waals surface area (Å²) in [5, 5.41) is 11.8. The lowest BCUT2D eigenvalue weighted by atomic mass is 10.1. The van der Waals surface area contributed by atoms with Crippen LogP contribution in [-0.4, -0.2) is 30.8 Å². The molecule has 0 spiro atoms. The molecular formula is C13H19NO3. The molecule has 0 aliphatic heterocycles. The fourth-order valence-electron chi connectivity index (χ4n) is 1.54. The molecule has 0 saturated heterocycles. The molecule has 94 valence electrons. The van der Waals surface area contributed by atoms with Crippen LogP contribution in [0.2, 0.25) is 0 Å². The molecule has 0 fully saturated rings. The van der Waals surface area contributed by atoms with Gasteiger partial charge in [-0.2, -0.15) is 0 Å². The molecule has 1 unspecified atom stereocenters. The molecule has 1 amide bonds. The smallest absolute Gasteiger partial charge is 0.255 e. The Balaban J connectivity index is 2.90. The van der Waals surface area contributed by atoms with Gasteiger partial charge in [-0.05, 0) is 25.5 Å². The van der Waals surface area contributed by atoms with Gasteiger partial charge in [0.05, 0.1) is 25.3 Å². The Labute approximate surface area is 102 Å². The first-order chi connectivity index (χ1) is 8.12. The Morgan fingerprint density at radius 2 is 2.24 bits per heavy atom. The molecule has 0 saturated carbocycles. The minimum absolute atomic E-state index is 0.0592. The first-order valence-electron chi connectivity index (χ1n) is 5.68. The third-order valence-electron chi connectivity index (χ3n) is 2.65. The lowest BCUT2D eigenvalue weighted by molar-refractivity contribution is 0.0912. The third-order valence-corrected chi connectivity index (χ3v) is 2.65. The first-order valence-corrected chi connectivity index (χ1v) is 5.68. The quantitative estimate of drug-likeness (QED) is 0.816. The van der Waals surface area contributed by atoms with Crippen molar-refractivity contribution >= 4 is 5.91 Å². The number of aryl methyl sites for hydroxylation is 1. The van der Waals surface area contributed by atoms with E-state index in [9.17, 15) is 4.79 Å². The van der Waals surface area contributed by atoms with Crippen LogP contribution in [-0.2, 0) is 0 Å². The molecule has 2 N–H and O–H groups in total. The Bertz CT molecular complexity index is 386. The fraction of sp³-hybridized carbons (Fsp3) is 0.462. The molecule has 4 heteroatoms. The second-order valence-electron chi connectivity index (χ2n) is 3.96. The van der Waals surface area contributed by atoms with Crippen molar-refractivity contribution in [1.29, 1.82) is 0 Å². The van der Waals surface area contributed by atoms with Gasteiger partial charge in [0.25, 0.3) is 5.91 Å². The Hall–Kier alpha value is -1.55. The molecule has 17 heavy (non-hydrogen) atoms. The van der Waals surface area contributed by atoms with Crippen molar-refractivity contribution in [1.82, 2.24) is 5.32 Å². The third kappa shape index (κ3) is 3.46. The van der Waals surface area contributed by atoms with E-state index < -0.39 is 0 Å². The number of aliphatic hydroxyl groups is 1. The van der Waals surface area contributed by atoms with Crippen LogP contribution < -0.4 is 10.1 Å². The van der Waals surface area contributed by atoms with Gasteiger partial charge in [-0.25, -0.2) is 0 Å². The number of hydrogen-bond acceptors (Lipinski definition) is 3.